The van der Waals surface area contributed by atoms with Gasteiger partial charge in [0.1, 0.15) is 0 Å². The van der Waals surface area contributed by atoms with Crippen LogP contribution in [0.4, 0.5) is 0 Å². The Balaban J connectivity index is 0.00000171. The Morgan fingerprint density at radius 1 is 1.00 bits per heavy atom. The van der Waals surface area contributed by atoms with Gasteiger partial charge in [0.2, 0.25) is 0 Å². The molecule has 1 aliphatic carbocycles. The Bertz CT molecular complexity index is 1350. The Labute approximate surface area is 286 Å². The van der Waals surface area contributed by atoms with Crippen molar-refractivity contribution in [3.05, 3.63) is 67.2 Å². The van der Waals surface area contributed by atoms with Crippen molar-refractivity contribution >= 4 is 149 Å². The van der Waals surface area contributed by atoms with Crippen LogP contribution in [0.1, 0.15) is 10.4 Å². The van der Waals surface area contributed by atoms with Gasteiger partial charge in [0.05, 0.1) is 0 Å². The summed E-state index contributed by atoms with van der Waals surface area (Å²) in [5, 5.41) is 20.6. The topological polar surface area (TPSA) is 108 Å². The second-order valence-electron chi connectivity index (χ2n) is 6.33. The van der Waals surface area contributed by atoms with E-state index in [4.69, 9.17) is 4.42 Å². The predicted octanol–water partition coefficient (Wildman–Crippen LogP) is 1.90. The zero-order chi connectivity index (χ0) is 20.9. The van der Waals surface area contributed by atoms with Crippen molar-refractivity contribution in [1.29, 1.82) is 0 Å². The summed E-state index contributed by atoms with van der Waals surface area (Å²) < 4.78 is 17.0. The molecule has 3 N–H and O–H groups in total. The molecule has 2 aromatic carbocycles. The van der Waals surface area contributed by atoms with Crippen LogP contribution < -0.4 is 8.50 Å². The van der Waals surface area contributed by atoms with E-state index >= 15 is 0 Å². The minimum absolute atomic E-state index is 0. The van der Waals surface area contributed by atoms with E-state index in [1.807, 2.05) is 0 Å². The van der Waals surface area contributed by atoms with Crippen molar-refractivity contribution in [2.24, 2.45) is 0 Å². The summed E-state index contributed by atoms with van der Waals surface area (Å²) in [7, 11) is 0. The third kappa shape index (κ3) is 5.90. The zero-order valence-electron chi connectivity index (χ0n) is 14.6. The first kappa shape index (κ1) is 31.5. The van der Waals surface area contributed by atoms with Crippen LogP contribution in [0, 0.1) is 0 Å². The maximum atomic E-state index is 12.2. The molecule has 32 heavy (non-hydrogen) atoms. The summed E-state index contributed by atoms with van der Waals surface area (Å²) in [5.41, 5.74) is 1.57. The maximum absolute atomic E-state index is 12.2. The number of benzene rings is 3. The molecule has 0 atom stereocenters. The summed E-state index contributed by atoms with van der Waals surface area (Å²) in [6.07, 6.45) is 0. The number of hydrogen-bond acceptors (Lipinski definition) is 5. The van der Waals surface area contributed by atoms with Crippen molar-refractivity contribution in [1.82, 2.24) is 0 Å². The SMILES string of the molecule is O=C(O)c1ccccc1-c1c2cc(Br)c(=O)cc-2oc2[c]([Hg][OH])c(O)c(Br)cc12.[CaH2].[NaH].[NaH]. The van der Waals surface area contributed by atoms with E-state index in [2.05, 4.69) is 31.9 Å². The van der Waals surface area contributed by atoms with Crippen LogP contribution in [0.5, 0.6) is 5.75 Å². The third-order valence-corrected chi connectivity index (χ3v) is 9.68. The first-order valence-corrected chi connectivity index (χ1v) is 15.2. The molecule has 1 aliphatic heterocycles. The van der Waals surface area contributed by atoms with E-state index in [1.54, 1.807) is 30.3 Å². The molecular formula is C20H14Br2CaHgNa2O6. The van der Waals surface area contributed by atoms with Crippen LogP contribution >= 0.6 is 31.9 Å². The van der Waals surface area contributed by atoms with E-state index in [9.17, 15) is 22.8 Å². The number of rotatable bonds is 3. The summed E-state index contributed by atoms with van der Waals surface area (Å²) in [6.45, 7) is 0. The Morgan fingerprint density at radius 3 is 2.28 bits per heavy atom. The van der Waals surface area contributed by atoms with E-state index in [1.165, 1.54) is 12.1 Å². The molecule has 12 heteroatoms. The Kier molecular flexibility index (Phi) is 13.0. The van der Waals surface area contributed by atoms with Gasteiger partial charge in [0, 0.05) is 0 Å². The number of fused-ring (bicyclic) bond motifs is 2. The van der Waals surface area contributed by atoms with Gasteiger partial charge in [-0.2, -0.15) is 0 Å². The molecule has 150 valence electrons. The first-order chi connectivity index (χ1) is 13.8. The van der Waals surface area contributed by atoms with E-state index in [0.717, 1.165) is 0 Å². The molecule has 0 unspecified atom stereocenters. The average molecular weight is 797 g/mol. The molecule has 0 bridgehead atoms. The van der Waals surface area contributed by atoms with Gasteiger partial charge in [-0.15, -0.1) is 0 Å². The Morgan fingerprint density at radius 2 is 1.66 bits per heavy atom. The molecule has 2 aliphatic rings. The van der Waals surface area contributed by atoms with Gasteiger partial charge < -0.3 is 0 Å². The fourth-order valence-corrected chi connectivity index (χ4v) is 8.09. The number of carboxylic acid groups (broad SMARTS) is 1. The van der Waals surface area contributed by atoms with Crippen LogP contribution in [0.2, 0.25) is 0 Å². The molecule has 1 heterocycles. The van der Waals surface area contributed by atoms with Gasteiger partial charge in [-0.05, 0) is 0 Å². The Hall–Kier alpha value is 1.51. The van der Waals surface area contributed by atoms with Gasteiger partial charge >= 0.3 is 292 Å². The van der Waals surface area contributed by atoms with Gasteiger partial charge in [-0.25, -0.2) is 0 Å². The fourth-order valence-electron chi connectivity index (χ4n) is 3.37. The number of phenolic OH excluding ortho intramolecular Hbond substituents is 1. The van der Waals surface area contributed by atoms with E-state index in [0.29, 0.717) is 34.1 Å². The second-order valence-corrected chi connectivity index (χ2v) is 12.0. The molecule has 0 aromatic heterocycles. The van der Waals surface area contributed by atoms with Crippen LogP contribution in [-0.2, 0) is 25.0 Å². The molecule has 6 nitrogen and oxygen atoms in total. The normalized spacial score (nSPS) is 9.97. The number of aromatic carboxylic acids is 1. The molecule has 0 radical (unpaired) electrons. The number of carboxylic acids is 1. The third-order valence-electron chi connectivity index (χ3n) is 4.67. The number of phenols is 1. The summed E-state index contributed by atoms with van der Waals surface area (Å²) >= 11 is 3.88. The van der Waals surface area contributed by atoms with Crippen LogP contribution in [0.3, 0.4) is 0 Å². The van der Waals surface area contributed by atoms with Gasteiger partial charge in [-0.3, -0.25) is 0 Å². The van der Waals surface area contributed by atoms with Crippen molar-refractivity contribution in [3.63, 3.8) is 0 Å². The molecule has 0 saturated carbocycles. The van der Waals surface area contributed by atoms with Crippen molar-refractivity contribution in [3.8, 4) is 28.2 Å². The monoisotopic (exact) mass is 796 g/mol. The van der Waals surface area contributed by atoms with Gasteiger partial charge in [-0.1, -0.05) is 0 Å². The molecule has 4 rings (SSSR count). The fraction of sp³-hybridized carbons (Fsp3) is 0. The van der Waals surface area contributed by atoms with E-state index < -0.39 is 31.0 Å². The zero-order valence-corrected chi connectivity index (χ0v) is 23.2. The van der Waals surface area contributed by atoms with Gasteiger partial charge in [0.15, 0.2) is 0 Å². The quantitative estimate of drug-likeness (QED) is 0.216. The van der Waals surface area contributed by atoms with Crippen LogP contribution in [-0.4, -0.2) is 116 Å². The second kappa shape index (κ2) is 13.2. The molecule has 0 amide bonds. The summed E-state index contributed by atoms with van der Waals surface area (Å²) in [6, 6.07) is 11.1. The van der Waals surface area contributed by atoms with Gasteiger partial charge in [0.25, 0.3) is 0 Å². The van der Waals surface area contributed by atoms with E-state index in [-0.39, 0.29) is 125 Å². The van der Waals surface area contributed by atoms with Crippen molar-refractivity contribution in [2.45, 2.75) is 0 Å². The van der Waals surface area contributed by atoms with Crippen molar-refractivity contribution in [2.75, 3.05) is 0 Å². The molecular weight excluding hydrogens is 783 g/mol. The molecule has 0 saturated heterocycles. The van der Waals surface area contributed by atoms with Crippen LogP contribution in [0.25, 0.3) is 33.4 Å². The molecule has 2 aromatic rings. The number of hydrogen-bond donors (Lipinski definition) is 3. The van der Waals surface area contributed by atoms with Crippen molar-refractivity contribution < 1.29 is 47.5 Å². The standard InChI is InChI=1S/C20H9Br2O5.Ca.Hg.2Na.H2O.4H/c21-13-5-11-17(7-15(13)23)27-18-8-16(24)14(22)6-12(18)19(11)9-3-1-2-4-10(9)20(25)26;;;;;;;;;/h1-7,24H,(H,25,26);;;;;1H2;;;;/q;;+1;;;;;;;/p-1. The minimum atomic E-state index is -2.67. The van der Waals surface area contributed by atoms with Crippen LogP contribution in [0.15, 0.2) is 60.6 Å². The number of halogens is 2. The first-order valence-electron chi connectivity index (χ1n) is 8.37. The number of aromatic hydroxyl groups is 1. The predicted molar refractivity (Wildman–Crippen MR) is 133 cm³/mol. The average Bonchev–Trinajstić information content (AvgIpc) is 2.69. The molecule has 0 fully saturated rings. The summed E-state index contributed by atoms with van der Waals surface area (Å²) in [5.74, 6) is -0.949. The molecule has 0 spiro atoms. The number of carbonyl (C=O) groups is 1. The summed E-state index contributed by atoms with van der Waals surface area (Å²) in [4.78, 5) is 24.0.